The molecule has 2 amide bonds. The van der Waals surface area contributed by atoms with Gasteiger partial charge in [0.1, 0.15) is 6.10 Å². The second-order valence-corrected chi connectivity index (χ2v) is 1.42. The molecule has 0 fully saturated rings. The van der Waals surface area contributed by atoms with Crippen molar-refractivity contribution in [3.8, 4) is 0 Å². The maximum Gasteiger partial charge on any atom is 0.247 e. The summed E-state index contributed by atoms with van der Waals surface area (Å²) in [6.07, 6.45) is -0.940. The zero-order chi connectivity index (χ0) is 7.44. The zero-order valence-electron chi connectivity index (χ0n) is 4.57. The molecule has 0 rings (SSSR count). The van der Waals surface area contributed by atoms with Gasteiger partial charge < -0.3 is 16.6 Å². The van der Waals surface area contributed by atoms with Crippen molar-refractivity contribution in [1.29, 1.82) is 0 Å². The predicted octanol–water partition coefficient (Wildman–Crippen LogP) is -2.48. The van der Waals surface area contributed by atoms with E-state index in [1.807, 2.05) is 0 Å². The molecule has 0 aliphatic carbocycles. The Kier molecular flexibility index (Phi) is 2.66. The van der Waals surface area contributed by atoms with Gasteiger partial charge >= 0.3 is 0 Å². The van der Waals surface area contributed by atoms with E-state index in [0.29, 0.717) is 6.42 Å². The van der Waals surface area contributed by atoms with E-state index in [2.05, 4.69) is 11.5 Å². The molecule has 0 bridgehead atoms. The van der Waals surface area contributed by atoms with Crippen LogP contribution in [0.2, 0.25) is 0 Å². The van der Waals surface area contributed by atoms with E-state index in [4.69, 9.17) is 5.11 Å². The number of carbonyl (C=O) groups is 2. The molecule has 9 heavy (non-hydrogen) atoms. The lowest BCUT2D eigenvalue weighted by Gasteiger charge is -1.99. The maximum absolute atomic E-state index is 9.97. The van der Waals surface area contributed by atoms with Crippen LogP contribution in [0, 0.1) is 6.42 Å². The number of hydrogen-bond donors (Lipinski definition) is 3. The van der Waals surface area contributed by atoms with Gasteiger partial charge in [-0.1, -0.05) is 0 Å². The van der Waals surface area contributed by atoms with Gasteiger partial charge in [0, 0.05) is 0 Å². The number of carbonyl (C=O) groups excluding carboxylic acids is 2. The molecule has 1 atom stereocenters. The van der Waals surface area contributed by atoms with Crippen LogP contribution in [0.5, 0.6) is 0 Å². The van der Waals surface area contributed by atoms with Gasteiger partial charge in [0.2, 0.25) is 11.8 Å². The number of nitrogens with two attached hydrogens (primary N) is 2. The van der Waals surface area contributed by atoms with E-state index in [0.717, 1.165) is 0 Å². The highest BCUT2D eigenvalue weighted by molar-refractivity contribution is 5.92. The van der Waals surface area contributed by atoms with Crippen LogP contribution < -0.4 is 11.5 Å². The standard InChI is InChI=1S/C4H7N2O3/c5-3(8)1-2(7)4(6)9/h1-2,7H,(H2,5,8)(H2,6,9). The number of rotatable bonds is 3. The van der Waals surface area contributed by atoms with Gasteiger partial charge in [-0.25, -0.2) is 0 Å². The van der Waals surface area contributed by atoms with Crippen molar-refractivity contribution >= 4 is 11.8 Å². The number of aliphatic hydroxyl groups excluding tert-OH is 1. The molecule has 0 aliphatic rings. The van der Waals surface area contributed by atoms with Crippen molar-refractivity contribution in [2.75, 3.05) is 0 Å². The minimum atomic E-state index is -1.57. The van der Waals surface area contributed by atoms with Gasteiger partial charge in [0.05, 0.1) is 6.42 Å². The van der Waals surface area contributed by atoms with E-state index >= 15 is 0 Å². The molecule has 0 saturated carbocycles. The Balaban J connectivity index is 3.63. The van der Waals surface area contributed by atoms with Gasteiger partial charge in [0.15, 0.2) is 0 Å². The molecule has 0 aromatic heterocycles. The van der Waals surface area contributed by atoms with Crippen LogP contribution in [0.4, 0.5) is 0 Å². The Labute approximate surface area is 51.6 Å². The number of amides is 2. The van der Waals surface area contributed by atoms with Gasteiger partial charge in [-0.05, 0) is 0 Å². The summed E-state index contributed by atoms with van der Waals surface area (Å²) in [5.74, 6) is -1.87. The van der Waals surface area contributed by atoms with Crippen LogP contribution in [-0.4, -0.2) is 23.0 Å². The fraction of sp³-hybridized carbons (Fsp3) is 0.250. The summed E-state index contributed by atoms with van der Waals surface area (Å²) in [6.45, 7) is 0. The summed E-state index contributed by atoms with van der Waals surface area (Å²) >= 11 is 0. The smallest absolute Gasteiger partial charge is 0.247 e. The Morgan fingerprint density at radius 3 is 2.00 bits per heavy atom. The van der Waals surface area contributed by atoms with E-state index in [9.17, 15) is 9.59 Å². The van der Waals surface area contributed by atoms with Gasteiger partial charge in [-0.2, -0.15) is 0 Å². The predicted molar refractivity (Wildman–Crippen MR) is 28.7 cm³/mol. The van der Waals surface area contributed by atoms with Gasteiger partial charge in [-0.3, -0.25) is 9.59 Å². The number of aliphatic hydroxyl groups is 1. The summed E-state index contributed by atoms with van der Waals surface area (Å²) in [5, 5.41) is 8.47. The Morgan fingerprint density at radius 2 is 1.89 bits per heavy atom. The highest BCUT2D eigenvalue weighted by Crippen LogP contribution is 1.84. The van der Waals surface area contributed by atoms with Crippen molar-refractivity contribution in [3.63, 3.8) is 0 Å². The van der Waals surface area contributed by atoms with Crippen LogP contribution in [0.15, 0.2) is 0 Å². The fourth-order valence-corrected chi connectivity index (χ4v) is 0.238. The highest BCUT2D eigenvalue weighted by atomic mass is 16.3. The van der Waals surface area contributed by atoms with Crippen molar-refractivity contribution in [1.82, 2.24) is 0 Å². The molecule has 5 heteroatoms. The zero-order valence-corrected chi connectivity index (χ0v) is 4.57. The average molecular weight is 131 g/mol. The minimum Gasteiger partial charge on any atom is -0.382 e. The molecule has 0 aromatic carbocycles. The molecule has 5 nitrogen and oxygen atoms in total. The van der Waals surface area contributed by atoms with Crippen LogP contribution in [-0.2, 0) is 9.59 Å². The number of primary amides is 2. The third kappa shape index (κ3) is 3.48. The molecule has 1 unspecified atom stereocenters. The molecule has 0 spiro atoms. The molecule has 0 aromatic rings. The monoisotopic (exact) mass is 131 g/mol. The van der Waals surface area contributed by atoms with E-state index in [1.54, 1.807) is 0 Å². The molecular weight excluding hydrogens is 124 g/mol. The Hall–Kier alpha value is -1.10. The first kappa shape index (κ1) is 7.90. The topological polar surface area (TPSA) is 106 Å². The number of hydrogen-bond acceptors (Lipinski definition) is 3. The van der Waals surface area contributed by atoms with Crippen molar-refractivity contribution in [2.24, 2.45) is 11.5 Å². The lowest BCUT2D eigenvalue weighted by atomic mass is 10.2. The highest BCUT2D eigenvalue weighted by Gasteiger charge is 2.13. The molecule has 1 radical (unpaired) electrons. The quantitative estimate of drug-likeness (QED) is 0.394. The summed E-state index contributed by atoms with van der Waals surface area (Å²) in [7, 11) is 0. The molecule has 0 aliphatic heterocycles. The normalized spacial score (nSPS) is 12.6. The van der Waals surface area contributed by atoms with Crippen LogP contribution in [0.1, 0.15) is 0 Å². The van der Waals surface area contributed by atoms with Gasteiger partial charge in [0.25, 0.3) is 0 Å². The van der Waals surface area contributed by atoms with Crippen molar-refractivity contribution < 1.29 is 14.7 Å². The SMILES string of the molecule is NC(=O)[CH]C(O)C(N)=O. The Morgan fingerprint density at radius 1 is 1.44 bits per heavy atom. The largest absolute Gasteiger partial charge is 0.382 e. The summed E-state index contributed by atoms with van der Waals surface area (Å²) in [4.78, 5) is 19.9. The molecule has 51 valence electrons. The van der Waals surface area contributed by atoms with E-state index in [1.165, 1.54) is 0 Å². The summed E-state index contributed by atoms with van der Waals surface area (Å²) in [6, 6.07) is 0. The lowest BCUT2D eigenvalue weighted by Crippen LogP contribution is -2.33. The van der Waals surface area contributed by atoms with Gasteiger partial charge in [-0.15, -0.1) is 0 Å². The maximum atomic E-state index is 9.97. The second-order valence-electron chi connectivity index (χ2n) is 1.42. The first-order chi connectivity index (χ1) is 4.04. The molecule has 0 saturated heterocycles. The van der Waals surface area contributed by atoms with Crippen LogP contribution >= 0.6 is 0 Å². The van der Waals surface area contributed by atoms with Crippen LogP contribution in [0.25, 0.3) is 0 Å². The van der Waals surface area contributed by atoms with E-state index < -0.39 is 17.9 Å². The van der Waals surface area contributed by atoms with E-state index in [-0.39, 0.29) is 0 Å². The summed E-state index contributed by atoms with van der Waals surface area (Å²) in [5.41, 5.74) is 9.13. The minimum absolute atomic E-state index is 0.627. The van der Waals surface area contributed by atoms with Crippen LogP contribution in [0.3, 0.4) is 0 Å². The molecule has 0 heterocycles. The lowest BCUT2D eigenvalue weighted by molar-refractivity contribution is -0.127. The Bertz CT molecular complexity index is 134. The van der Waals surface area contributed by atoms with Crippen molar-refractivity contribution in [3.05, 3.63) is 6.42 Å². The average Bonchev–Trinajstić information content (AvgIpc) is 1.63. The first-order valence-electron chi connectivity index (χ1n) is 2.15. The second kappa shape index (κ2) is 3.03. The summed E-state index contributed by atoms with van der Waals surface area (Å²) < 4.78 is 0. The first-order valence-corrected chi connectivity index (χ1v) is 2.15. The fourth-order valence-electron chi connectivity index (χ4n) is 0.238. The van der Waals surface area contributed by atoms with Crippen molar-refractivity contribution in [2.45, 2.75) is 6.10 Å². The molecule has 5 N–H and O–H groups in total. The third-order valence-electron chi connectivity index (χ3n) is 0.614. The third-order valence-corrected chi connectivity index (χ3v) is 0.614. The molecular formula is C4H7N2O3.